The molecular formula is C77H102N6O26. The Kier molecular flexibility index (Phi) is 39.5. The van der Waals surface area contributed by atoms with Gasteiger partial charge in [0.1, 0.15) is 61.5 Å². The molecule has 0 aromatic heterocycles. The van der Waals surface area contributed by atoms with Crippen molar-refractivity contribution < 1.29 is 124 Å². The summed E-state index contributed by atoms with van der Waals surface area (Å²) in [6, 6.07) is 21.8. The number of anilines is 1. The van der Waals surface area contributed by atoms with Crippen LogP contribution in [0.25, 0.3) is 0 Å². The number of para-hydroxylation sites is 3. The largest absolute Gasteiger partial charge is 0.491 e. The summed E-state index contributed by atoms with van der Waals surface area (Å²) in [6.45, 7) is 5.11. The number of nitrogens with one attached hydrogen (secondary N) is 6. The van der Waals surface area contributed by atoms with Gasteiger partial charge in [0.15, 0.2) is 0 Å². The zero-order chi connectivity index (χ0) is 77.8. The molecule has 5 aromatic carbocycles. The summed E-state index contributed by atoms with van der Waals surface area (Å²) in [7, 11) is 6.39. The van der Waals surface area contributed by atoms with E-state index in [1.54, 1.807) is 40.6 Å². The van der Waals surface area contributed by atoms with Gasteiger partial charge in [-0.2, -0.15) is 0 Å². The molecule has 32 heteroatoms. The van der Waals surface area contributed by atoms with Gasteiger partial charge >= 0.3 is 11.9 Å². The average molecular weight is 1530 g/mol. The Hall–Kier alpha value is -9.42. The number of fused-ring (bicyclic) bond motifs is 10. The van der Waals surface area contributed by atoms with Gasteiger partial charge < -0.3 is 118 Å². The maximum atomic E-state index is 15.5. The van der Waals surface area contributed by atoms with Crippen molar-refractivity contribution in [2.75, 3.05) is 205 Å². The third kappa shape index (κ3) is 31.2. The number of aliphatic carboxylic acids is 2. The van der Waals surface area contributed by atoms with Crippen molar-refractivity contribution in [3.63, 3.8) is 0 Å². The summed E-state index contributed by atoms with van der Waals surface area (Å²) >= 11 is 0. The smallest absolute Gasteiger partial charge is 0.305 e. The Balaban J connectivity index is 1.36. The number of benzene rings is 5. The lowest BCUT2D eigenvalue weighted by Crippen LogP contribution is -2.53. The number of methoxy groups -OCH3 is 4. The first kappa shape index (κ1) is 86.8. The van der Waals surface area contributed by atoms with Crippen LogP contribution in [-0.2, 0) is 118 Å². The Bertz CT molecular complexity index is 3590. The molecule has 0 saturated heterocycles. The third-order valence-corrected chi connectivity index (χ3v) is 16.5. The monoisotopic (exact) mass is 1530 g/mol. The van der Waals surface area contributed by atoms with Gasteiger partial charge in [0.2, 0.25) is 23.6 Å². The summed E-state index contributed by atoms with van der Waals surface area (Å²) < 4.78 is 94.6. The lowest BCUT2D eigenvalue weighted by molar-refractivity contribution is -0.140. The van der Waals surface area contributed by atoms with E-state index in [-0.39, 0.29) is 94.7 Å². The van der Waals surface area contributed by atoms with Crippen molar-refractivity contribution in [3.05, 3.63) is 146 Å². The van der Waals surface area contributed by atoms with Crippen LogP contribution in [-0.4, -0.2) is 270 Å². The maximum Gasteiger partial charge on any atom is 0.305 e. The molecule has 1 heterocycles. The second-order valence-electron chi connectivity index (χ2n) is 24.7. The van der Waals surface area contributed by atoms with Gasteiger partial charge in [-0.25, -0.2) is 0 Å². The molecule has 5 aromatic rings. The highest BCUT2D eigenvalue weighted by Gasteiger charge is 2.29. The van der Waals surface area contributed by atoms with Gasteiger partial charge in [0.05, 0.1) is 158 Å². The van der Waals surface area contributed by atoms with E-state index < -0.39 is 91.9 Å². The highest BCUT2D eigenvalue weighted by Crippen LogP contribution is 2.40. The first-order chi connectivity index (χ1) is 53.1. The van der Waals surface area contributed by atoms with Crippen LogP contribution < -0.4 is 50.8 Å². The number of amides is 6. The van der Waals surface area contributed by atoms with Gasteiger partial charge in [0.25, 0.3) is 11.8 Å². The standard InChI is InChI=1S/C77H102N6O26/c1-94-14-18-98-22-26-102-30-34-106-70-53-8-5-9-54(70)41-56-11-7-13-58(72(56)108-36-32-104-28-24-100-20-16-96-3)43-60-45-62(44-59(73(60)109-37-33-105-29-25-101-21-17-97-4)42-57-12-6-10-55(40-53)71(57)107-35-31-103-27-23-99-19-15-95-2)75(91)81-63-39-52-38-61(46-63)74(90)79-50-66(84)83-65(48-69(88)89)77(93)80-51-67(85)82-64(47-68(86)87)76(92)78-49-52/h5-13,38-39,44-46,64-65H,14-37,40-43,47-51H2,1-4H3,(H,78,92)(H,79,90)(H,80,93)(H,81,91)(H,82,85)(H,83,84)(H,86,87)(H,88,89)/t64-,65-/m0/s1. The zero-order valence-corrected chi connectivity index (χ0v) is 62.3. The van der Waals surface area contributed by atoms with Crippen LogP contribution in [0.5, 0.6) is 23.0 Å². The minimum Gasteiger partial charge on any atom is -0.491 e. The molecular weight excluding hydrogens is 1420 g/mol. The summed E-state index contributed by atoms with van der Waals surface area (Å²) in [5.74, 6) is -6.49. The topological polar surface area (TPSA) is 397 Å². The molecule has 1 aliphatic carbocycles. The van der Waals surface area contributed by atoms with Gasteiger partial charge in [-0.05, 0) is 80.4 Å². The van der Waals surface area contributed by atoms with Crippen LogP contribution in [0.2, 0.25) is 0 Å². The molecule has 2 aliphatic rings. The van der Waals surface area contributed by atoms with Gasteiger partial charge in [-0.1, -0.05) is 54.6 Å². The lowest BCUT2D eigenvalue weighted by atomic mass is 9.90. The van der Waals surface area contributed by atoms with E-state index >= 15 is 4.79 Å². The quantitative estimate of drug-likeness (QED) is 0.0254. The van der Waals surface area contributed by atoms with Crippen LogP contribution in [0.3, 0.4) is 0 Å². The maximum absolute atomic E-state index is 15.5. The highest BCUT2D eigenvalue weighted by molar-refractivity contribution is 6.06. The summed E-state index contributed by atoms with van der Waals surface area (Å²) in [4.78, 5) is 107. The van der Waals surface area contributed by atoms with Crippen LogP contribution in [0, 0.1) is 0 Å². The third-order valence-electron chi connectivity index (χ3n) is 16.5. The Morgan fingerprint density at radius 2 is 0.679 bits per heavy atom. The molecule has 32 nitrogen and oxygen atoms in total. The molecule has 0 spiro atoms. The van der Waals surface area contributed by atoms with Gasteiger partial charge in [-0.15, -0.1) is 0 Å². The average Bonchev–Trinajstić information content (AvgIpc) is 0.768. The molecule has 10 bridgehead atoms. The number of carboxylic acid groups (broad SMARTS) is 2. The second kappa shape index (κ2) is 49.6. The fraction of sp³-hybridized carbons (Fsp3) is 0.506. The van der Waals surface area contributed by atoms with E-state index in [0.717, 1.165) is 22.3 Å². The fourth-order valence-corrected chi connectivity index (χ4v) is 11.5. The molecule has 6 amide bonds. The molecule has 596 valence electrons. The lowest BCUT2D eigenvalue weighted by Gasteiger charge is -2.23. The predicted octanol–water partition coefficient (Wildman–Crippen LogP) is 3.24. The SMILES string of the molecule is COCCOCCOCCOc1c2cccc1Cc1cccc(c1OCCOCCOCCOC)Cc1cc(C(=O)Nc3cc4cc(c3)C(=O)NCC(=O)N[C@@H](CC(=O)O)C(=O)NCC(=O)N[C@@H](CC(=O)O)C(=O)NC4)cc(c1OCCOCCOCCOC)Cc1cccc(c1OCCOCCOCCOC)C2. The normalized spacial score (nSPS) is 14.9. The second-order valence-corrected chi connectivity index (χ2v) is 24.7. The number of carboxylic acids is 2. The minimum absolute atomic E-state index is 0.0114. The highest BCUT2D eigenvalue weighted by atomic mass is 16.6. The van der Waals surface area contributed by atoms with E-state index in [9.17, 15) is 43.8 Å². The molecule has 0 saturated carbocycles. The zero-order valence-electron chi connectivity index (χ0n) is 62.3. The summed E-state index contributed by atoms with van der Waals surface area (Å²) in [5.41, 5.74) is 5.86. The number of hydrogen-bond donors (Lipinski definition) is 8. The van der Waals surface area contributed by atoms with Crippen LogP contribution in [0.1, 0.15) is 83.6 Å². The number of carbonyl (C=O) groups excluding carboxylic acids is 6. The van der Waals surface area contributed by atoms with E-state index in [2.05, 4.69) is 31.9 Å². The summed E-state index contributed by atoms with van der Waals surface area (Å²) in [6.07, 6.45) is -1.01. The number of hydrogen-bond acceptors (Lipinski definition) is 24. The molecule has 0 fully saturated rings. The van der Waals surface area contributed by atoms with E-state index in [4.69, 9.17) is 75.8 Å². The van der Waals surface area contributed by atoms with Crippen molar-refractivity contribution in [3.8, 4) is 23.0 Å². The van der Waals surface area contributed by atoms with Gasteiger partial charge in [-0.3, -0.25) is 38.4 Å². The van der Waals surface area contributed by atoms with Crippen LogP contribution >= 0.6 is 0 Å². The van der Waals surface area contributed by atoms with Crippen molar-refractivity contribution in [2.24, 2.45) is 0 Å². The molecule has 1 aliphatic heterocycles. The Labute approximate surface area is 633 Å². The van der Waals surface area contributed by atoms with Gasteiger partial charge in [0, 0.05) is 77.5 Å². The molecule has 8 N–H and O–H groups in total. The first-order valence-corrected chi connectivity index (χ1v) is 36.0. The van der Waals surface area contributed by atoms with Crippen molar-refractivity contribution >= 4 is 53.1 Å². The van der Waals surface area contributed by atoms with E-state index in [0.29, 0.717) is 157 Å². The number of ether oxygens (including phenoxy) is 16. The van der Waals surface area contributed by atoms with E-state index in [1.807, 2.05) is 54.6 Å². The van der Waals surface area contributed by atoms with Crippen molar-refractivity contribution in [1.82, 2.24) is 26.6 Å². The minimum atomic E-state index is -1.74. The van der Waals surface area contributed by atoms with Crippen LogP contribution in [0.4, 0.5) is 5.69 Å². The Morgan fingerprint density at radius 3 is 1.02 bits per heavy atom. The predicted molar refractivity (Wildman–Crippen MR) is 393 cm³/mol. The van der Waals surface area contributed by atoms with Crippen molar-refractivity contribution in [1.29, 1.82) is 0 Å². The number of carbonyl (C=O) groups is 8. The molecule has 109 heavy (non-hydrogen) atoms. The summed E-state index contributed by atoms with van der Waals surface area (Å²) in [5, 5.41) is 34.1. The van der Waals surface area contributed by atoms with Crippen LogP contribution in [0.15, 0.2) is 84.9 Å². The molecule has 0 radical (unpaired) electrons. The molecule has 0 unspecified atom stereocenters. The fourth-order valence-electron chi connectivity index (χ4n) is 11.5. The molecule has 7 rings (SSSR count). The van der Waals surface area contributed by atoms with E-state index in [1.165, 1.54) is 18.2 Å². The number of rotatable bonds is 46. The first-order valence-electron chi connectivity index (χ1n) is 36.0. The Morgan fingerprint density at radius 1 is 0.376 bits per heavy atom. The van der Waals surface area contributed by atoms with Crippen molar-refractivity contribution in [2.45, 2.75) is 57.2 Å². The molecule has 2 atom stereocenters.